The SMILES string of the molecule is CCCN1CCCC(=O)C1. The summed E-state index contributed by atoms with van der Waals surface area (Å²) in [6.45, 7) is 5.07. The van der Waals surface area contributed by atoms with Gasteiger partial charge in [-0.05, 0) is 25.9 Å². The van der Waals surface area contributed by atoms with Gasteiger partial charge in [0.25, 0.3) is 0 Å². The molecular weight excluding hydrogens is 126 g/mol. The van der Waals surface area contributed by atoms with Gasteiger partial charge in [-0.1, -0.05) is 6.92 Å². The monoisotopic (exact) mass is 141 g/mol. The molecule has 0 aromatic carbocycles. The summed E-state index contributed by atoms with van der Waals surface area (Å²) in [5, 5.41) is 0. The van der Waals surface area contributed by atoms with Crippen LogP contribution in [0, 0.1) is 0 Å². The Morgan fingerprint density at radius 3 is 3.00 bits per heavy atom. The number of carbonyl (C=O) groups excluding carboxylic acids is 1. The van der Waals surface area contributed by atoms with Gasteiger partial charge in [0.1, 0.15) is 5.78 Å². The maximum atomic E-state index is 10.9. The Balaban J connectivity index is 2.25. The van der Waals surface area contributed by atoms with E-state index in [0.717, 1.165) is 32.4 Å². The Kier molecular flexibility index (Phi) is 2.87. The zero-order valence-electron chi connectivity index (χ0n) is 6.60. The van der Waals surface area contributed by atoms with Crippen molar-refractivity contribution < 1.29 is 4.79 Å². The van der Waals surface area contributed by atoms with E-state index in [9.17, 15) is 4.79 Å². The topological polar surface area (TPSA) is 20.3 Å². The van der Waals surface area contributed by atoms with Crippen LogP contribution in [0.2, 0.25) is 0 Å². The van der Waals surface area contributed by atoms with Crippen LogP contribution in [-0.2, 0) is 4.79 Å². The average Bonchev–Trinajstić information content (AvgIpc) is 1.88. The molecule has 0 aromatic heterocycles. The third kappa shape index (κ3) is 2.10. The van der Waals surface area contributed by atoms with Gasteiger partial charge in [0, 0.05) is 6.42 Å². The fourth-order valence-corrected chi connectivity index (χ4v) is 1.41. The highest BCUT2D eigenvalue weighted by atomic mass is 16.1. The van der Waals surface area contributed by atoms with Crippen LogP contribution in [0.4, 0.5) is 0 Å². The predicted octanol–water partition coefficient (Wildman–Crippen LogP) is 1.06. The number of ketones is 1. The third-order valence-electron chi connectivity index (χ3n) is 1.87. The van der Waals surface area contributed by atoms with Crippen molar-refractivity contribution in [2.24, 2.45) is 0 Å². The molecule has 0 atom stereocenters. The smallest absolute Gasteiger partial charge is 0.146 e. The first-order valence-corrected chi connectivity index (χ1v) is 4.07. The van der Waals surface area contributed by atoms with Crippen molar-refractivity contribution in [1.82, 2.24) is 4.90 Å². The fourth-order valence-electron chi connectivity index (χ4n) is 1.41. The lowest BCUT2D eigenvalue weighted by molar-refractivity contribution is -0.122. The van der Waals surface area contributed by atoms with E-state index in [1.54, 1.807) is 0 Å². The maximum Gasteiger partial charge on any atom is 0.146 e. The summed E-state index contributed by atoms with van der Waals surface area (Å²) in [6.07, 6.45) is 3.03. The van der Waals surface area contributed by atoms with Crippen LogP contribution in [-0.4, -0.2) is 30.3 Å². The number of Topliss-reactive ketones (excluding diaryl/α,β-unsaturated/α-hetero) is 1. The van der Waals surface area contributed by atoms with Crippen molar-refractivity contribution in [1.29, 1.82) is 0 Å². The van der Waals surface area contributed by atoms with E-state index in [1.165, 1.54) is 0 Å². The van der Waals surface area contributed by atoms with Crippen molar-refractivity contribution in [3.05, 3.63) is 0 Å². The number of carbonyl (C=O) groups is 1. The minimum atomic E-state index is 0.416. The van der Waals surface area contributed by atoms with Crippen molar-refractivity contribution in [2.45, 2.75) is 26.2 Å². The number of hydrogen-bond donors (Lipinski definition) is 0. The molecule has 1 heterocycles. The Morgan fingerprint density at radius 1 is 1.60 bits per heavy atom. The van der Waals surface area contributed by atoms with Gasteiger partial charge in [0.05, 0.1) is 6.54 Å². The molecule has 1 aliphatic rings. The second kappa shape index (κ2) is 3.71. The fraction of sp³-hybridized carbons (Fsp3) is 0.875. The van der Waals surface area contributed by atoms with Crippen molar-refractivity contribution in [3.8, 4) is 0 Å². The molecule has 0 radical (unpaired) electrons. The molecular formula is C8H15NO. The van der Waals surface area contributed by atoms with Crippen LogP contribution in [0.25, 0.3) is 0 Å². The van der Waals surface area contributed by atoms with E-state index < -0.39 is 0 Å². The Bertz CT molecular complexity index is 120. The number of rotatable bonds is 2. The van der Waals surface area contributed by atoms with Gasteiger partial charge in [-0.3, -0.25) is 9.69 Å². The molecule has 1 fully saturated rings. The van der Waals surface area contributed by atoms with Crippen LogP contribution < -0.4 is 0 Å². The number of nitrogens with zero attached hydrogens (tertiary/aromatic N) is 1. The lowest BCUT2D eigenvalue weighted by atomic mass is 10.1. The highest BCUT2D eigenvalue weighted by molar-refractivity contribution is 5.81. The van der Waals surface area contributed by atoms with E-state index in [0.29, 0.717) is 12.3 Å². The molecule has 0 bridgehead atoms. The van der Waals surface area contributed by atoms with Crippen LogP contribution in [0.5, 0.6) is 0 Å². The minimum Gasteiger partial charge on any atom is -0.298 e. The van der Waals surface area contributed by atoms with E-state index in [-0.39, 0.29) is 0 Å². The molecule has 1 aliphatic heterocycles. The van der Waals surface area contributed by atoms with Gasteiger partial charge in [-0.15, -0.1) is 0 Å². The zero-order chi connectivity index (χ0) is 7.40. The van der Waals surface area contributed by atoms with E-state index in [4.69, 9.17) is 0 Å². The first-order valence-electron chi connectivity index (χ1n) is 4.07. The lowest BCUT2D eigenvalue weighted by Gasteiger charge is -2.24. The summed E-state index contributed by atoms with van der Waals surface area (Å²) in [5.41, 5.74) is 0. The summed E-state index contributed by atoms with van der Waals surface area (Å²) in [5.74, 6) is 0.416. The molecule has 0 N–H and O–H groups in total. The van der Waals surface area contributed by atoms with Gasteiger partial charge in [0.15, 0.2) is 0 Å². The molecule has 0 saturated carbocycles. The van der Waals surface area contributed by atoms with Gasteiger partial charge >= 0.3 is 0 Å². The quantitative estimate of drug-likeness (QED) is 0.573. The molecule has 1 rings (SSSR count). The lowest BCUT2D eigenvalue weighted by Crippen LogP contribution is -2.35. The molecule has 0 spiro atoms. The van der Waals surface area contributed by atoms with Crippen LogP contribution in [0.1, 0.15) is 26.2 Å². The predicted molar refractivity (Wildman–Crippen MR) is 41.0 cm³/mol. The first kappa shape index (κ1) is 7.73. The Hall–Kier alpha value is -0.370. The summed E-state index contributed by atoms with van der Waals surface area (Å²) >= 11 is 0. The second-order valence-electron chi connectivity index (χ2n) is 2.92. The first-order chi connectivity index (χ1) is 4.83. The highest BCUT2D eigenvalue weighted by Gasteiger charge is 2.14. The van der Waals surface area contributed by atoms with Crippen LogP contribution in [0.15, 0.2) is 0 Å². The number of piperidine rings is 1. The molecule has 0 amide bonds. The molecule has 0 unspecified atom stereocenters. The third-order valence-corrected chi connectivity index (χ3v) is 1.87. The summed E-state index contributed by atoms with van der Waals surface area (Å²) in [6, 6.07) is 0. The summed E-state index contributed by atoms with van der Waals surface area (Å²) in [4.78, 5) is 13.1. The van der Waals surface area contributed by atoms with E-state index in [1.807, 2.05) is 0 Å². The zero-order valence-corrected chi connectivity index (χ0v) is 6.60. The molecule has 0 aliphatic carbocycles. The average molecular weight is 141 g/mol. The Labute approximate surface area is 62.2 Å². The van der Waals surface area contributed by atoms with Gasteiger partial charge in [-0.2, -0.15) is 0 Å². The van der Waals surface area contributed by atoms with Crippen LogP contribution in [0.3, 0.4) is 0 Å². The molecule has 2 nitrogen and oxygen atoms in total. The van der Waals surface area contributed by atoms with E-state index in [2.05, 4.69) is 11.8 Å². The maximum absolute atomic E-state index is 10.9. The summed E-state index contributed by atoms with van der Waals surface area (Å²) < 4.78 is 0. The molecule has 0 aromatic rings. The van der Waals surface area contributed by atoms with E-state index >= 15 is 0 Å². The largest absolute Gasteiger partial charge is 0.298 e. The van der Waals surface area contributed by atoms with Gasteiger partial charge in [0.2, 0.25) is 0 Å². The number of likely N-dealkylation sites (tertiary alicyclic amines) is 1. The molecule has 10 heavy (non-hydrogen) atoms. The summed E-state index contributed by atoms with van der Waals surface area (Å²) in [7, 11) is 0. The molecule has 2 heteroatoms. The standard InChI is InChI=1S/C8H15NO/c1-2-5-9-6-3-4-8(10)7-9/h2-7H2,1H3. The Morgan fingerprint density at radius 2 is 2.40 bits per heavy atom. The van der Waals surface area contributed by atoms with Crippen LogP contribution >= 0.6 is 0 Å². The molecule has 58 valence electrons. The highest BCUT2D eigenvalue weighted by Crippen LogP contribution is 2.05. The normalized spacial score (nSPS) is 21.5. The van der Waals surface area contributed by atoms with Crippen molar-refractivity contribution in [2.75, 3.05) is 19.6 Å². The van der Waals surface area contributed by atoms with Gasteiger partial charge < -0.3 is 0 Å². The number of hydrogen-bond acceptors (Lipinski definition) is 2. The molecule has 1 saturated heterocycles. The minimum absolute atomic E-state index is 0.416. The van der Waals surface area contributed by atoms with Gasteiger partial charge in [-0.25, -0.2) is 0 Å². The van der Waals surface area contributed by atoms with Crippen molar-refractivity contribution in [3.63, 3.8) is 0 Å². The van der Waals surface area contributed by atoms with Crippen molar-refractivity contribution >= 4 is 5.78 Å². The second-order valence-corrected chi connectivity index (χ2v) is 2.92.